The molecule has 0 aliphatic rings. The van der Waals surface area contributed by atoms with Crippen LogP contribution in [0.2, 0.25) is 5.02 Å². The van der Waals surface area contributed by atoms with Gasteiger partial charge in [0.2, 0.25) is 10.0 Å². The summed E-state index contributed by atoms with van der Waals surface area (Å²) in [6.07, 6.45) is 0. The lowest BCUT2D eigenvalue weighted by molar-refractivity contribution is 0.402. The average Bonchev–Trinajstić information content (AvgIpc) is 2.47. The van der Waals surface area contributed by atoms with Gasteiger partial charge in [0.25, 0.3) is 0 Å². The van der Waals surface area contributed by atoms with Gasteiger partial charge in [-0.15, -0.1) is 0 Å². The van der Waals surface area contributed by atoms with Crippen molar-refractivity contribution in [2.45, 2.75) is 24.8 Å². The zero-order chi connectivity index (χ0) is 16.3. The molecule has 2 rings (SSSR count). The fourth-order valence-corrected chi connectivity index (χ4v) is 3.74. The summed E-state index contributed by atoms with van der Waals surface area (Å²) in [6, 6.07) is 11.8. The first-order valence-electron chi connectivity index (χ1n) is 6.76. The lowest BCUT2D eigenvalue weighted by atomic mass is 10.1. The van der Waals surface area contributed by atoms with E-state index < -0.39 is 10.0 Å². The first-order valence-corrected chi connectivity index (χ1v) is 8.62. The molecule has 0 amide bonds. The molecule has 1 N–H and O–H groups in total. The molecule has 118 valence electrons. The lowest BCUT2D eigenvalue weighted by Crippen LogP contribution is -2.27. The van der Waals surface area contributed by atoms with E-state index in [2.05, 4.69) is 4.72 Å². The van der Waals surface area contributed by atoms with Crippen molar-refractivity contribution in [2.24, 2.45) is 0 Å². The van der Waals surface area contributed by atoms with Crippen LogP contribution < -0.4 is 9.46 Å². The minimum absolute atomic E-state index is 0.0291. The molecule has 0 bridgehead atoms. The highest BCUT2D eigenvalue weighted by molar-refractivity contribution is 7.89. The van der Waals surface area contributed by atoms with Crippen LogP contribution in [0.25, 0.3) is 0 Å². The molecule has 6 heteroatoms. The number of rotatable bonds is 5. The number of nitrogens with one attached hydrogen (secondary N) is 1. The molecule has 0 unspecified atom stereocenters. The molecule has 4 nitrogen and oxygen atoms in total. The number of hydrogen-bond acceptors (Lipinski definition) is 3. The Bertz CT molecular complexity index is 757. The molecule has 2 aromatic rings. The minimum Gasteiger partial charge on any atom is -0.495 e. The van der Waals surface area contributed by atoms with Crippen molar-refractivity contribution in [3.63, 3.8) is 0 Å². The standard InChI is InChI=1S/C16H18ClNO3S/c1-11-4-6-13(7-5-11)12(2)18-22(19,20)16-10-14(17)8-9-15(16)21-3/h4-10,12,18H,1-3H3/t12-/m0/s1. The van der Waals surface area contributed by atoms with Gasteiger partial charge in [-0.2, -0.15) is 0 Å². The SMILES string of the molecule is COc1ccc(Cl)cc1S(=O)(=O)N[C@@H](C)c1ccc(C)cc1. The van der Waals surface area contributed by atoms with Crippen LogP contribution in [0.15, 0.2) is 47.4 Å². The third kappa shape index (κ3) is 3.80. The zero-order valence-corrected chi connectivity index (χ0v) is 14.2. The number of aryl methyl sites for hydroxylation is 1. The fourth-order valence-electron chi connectivity index (χ4n) is 2.08. The zero-order valence-electron chi connectivity index (χ0n) is 12.6. The van der Waals surface area contributed by atoms with Crippen molar-refractivity contribution in [1.29, 1.82) is 0 Å². The van der Waals surface area contributed by atoms with E-state index in [9.17, 15) is 8.42 Å². The van der Waals surface area contributed by atoms with Gasteiger partial charge in [-0.25, -0.2) is 13.1 Å². The Morgan fingerprint density at radius 3 is 2.36 bits per heavy atom. The Morgan fingerprint density at radius 1 is 1.14 bits per heavy atom. The molecule has 0 radical (unpaired) electrons. The maximum absolute atomic E-state index is 12.6. The van der Waals surface area contributed by atoms with Crippen LogP contribution in [0.4, 0.5) is 0 Å². The Balaban J connectivity index is 2.31. The van der Waals surface area contributed by atoms with E-state index in [1.807, 2.05) is 31.2 Å². The topological polar surface area (TPSA) is 55.4 Å². The smallest absolute Gasteiger partial charge is 0.244 e. The Labute approximate surface area is 136 Å². The molecule has 1 atom stereocenters. The first kappa shape index (κ1) is 16.8. The molecule has 0 aromatic heterocycles. The van der Waals surface area contributed by atoms with Gasteiger partial charge < -0.3 is 4.74 Å². The van der Waals surface area contributed by atoms with Crippen LogP contribution in [0.5, 0.6) is 5.75 Å². The van der Waals surface area contributed by atoms with Gasteiger partial charge in [0.05, 0.1) is 7.11 Å². The van der Waals surface area contributed by atoms with E-state index in [-0.39, 0.29) is 16.7 Å². The highest BCUT2D eigenvalue weighted by atomic mass is 35.5. The van der Waals surface area contributed by atoms with Gasteiger partial charge in [-0.05, 0) is 37.6 Å². The molecular formula is C16H18ClNO3S. The molecule has 0 saturated heterocycles. The summed E-state index contributed by atoms with van der Waals surface area (Å²) in [5.41, 5.74) is 2.01. The molecule has 0 aliphatic heterocycles. The van der Waals surface area contributed by atoms with Gasteiger partial charge in [0, 0.05) is 11.1 Å². The van der Waals surface area contributed by atoms with Crippen molar-refractivity contribution in [2.75, 3.05) is 7.11 Å². The van der Waals surface area contributed by atoms with Crippen LogP contribution in [0.3, 0.4) is 0 Å². The van der Waals surface area contributed by atoms with E-state index in [4.69, 9.17) is 16.3 Å². The minimum atomic E-state index is -3.74. The third-order valence-corrected chi connectivity index (χ3v) is 5.12. The summed E-state index contributed by atoms with van der Waals surface area (Å²) < 4.78 is 32.9. The van der Waals surface area contributed by atoms with E-state index in [1.165, 1.54) is 19.2 Å². The lowest BCUT2D eigenvalue weighted by Gasteiger charge is -2.16. The summed E-state index contributed by atoms with van der Waals surface area (Å²) >= 11 is 5.90. The quantitative estimate of drug-likeness (QED) is 0.903. The number of sulfonamides is 1. The predicted molar refractivity (Wildman–Crippen MR) is 87.9 cm³/mol. The summed E-state index contributed by atoms with van der Waals surface area (Å²) in [7, 11) is -2.32. The van der Waals surface area contributed by atoms with Crippen LogP contribution >= 0.6 is 11.6 Å². The molecule has 0 saturated carbocycles. The van der Waals surface area contributed by atoms with Gasteiger partial charge in [-0.1, -0.05) is 41.4 Å². The molecule has 0 aliphatic carbocycles. The van der Waals surface area contributed by atoms with Gasteiger partial charge >= 0.3 is 0 Å². The molecule has 22 heavy (non-hydrogen) atoms. The Hall–Kier alpha value is -1.56. The molecular weight excluding hydrogens is 322 g/mol. The van der Waals surface area contributed by atoms with Crippen molar-refractivity contribution >= 4 is 21.6 Å². The molecule has 2 aromatic carbocycles. The van der Waals surface area contributed by atoms with Crippen LogP contribution in [0.1, 0.15) is 24.1 Å². The second kappa shape index (κ2) is 6.69. The van der Waals surface area contributed by atoms with Gasteiger partial charge in [-0.3, -0.25) is 0 Å². The summed E-state index contributed by atoms with van der Waals surface area (Å²) in [5, 5.41) is 0.337. The number of hydrogen-bond donors (Lipinski definition) is 1. The third-order valence-electron chi connectivity index (χ3n) is 3.32. The number of ether oxygens (including phenoxy) is 1. The molecule has 0 heterocycles. The number of benzene rings is 2. The van der Waals surface area contributed by atoms with Gasteiger partial charge in [0.15, 0.2) is 0 Å². The number of methoxy groups -OCH3 is 1. The van der Waals surface area contributed by atoms with E-state index >= 15 is 0 Å². The second-order valence-corrected chi connectivity index (χ2v) is 7.17. The Morgan fingerprint density at radius 2 is 1.77 bits per heavy atom. The summed E-state index contributed by atoms with van der Waals surface area (Å²) in [6.45, 7) is 3.77. The number of halogens is 1. The Kier molecular flexibility index (Phi) is 5.11. The summed E-state index contributed by atoms with van der Waals surface area (Å²) in [5.74, 6) is 0.257. The van der Waals surface area contributed by atoms with E-state index in [1.54, 1.807) is 13.0 Å². The molecule has 0 fully saturated rings. The average molecular weight is 340 g/mol. The van der Waals surface area contributed by atoms with Crippen LogP contribution in [-0.4, -0.2) is 15.5 Å². The largest absolute Gasteiger partial charge is 0.495 e. The van der Waals surface area contributed by atoms with Crippen LogP contribution in [-0.2, 0) is 10.0 Å². The summed E-state index contributed by atoms with van der Waals surface area (Å²) in [4.78, 5) is 0.0291. The molecule has 0 spiro atoms. The highest BCUT2D eigenvalue weighted by Crippen LogP contribution is 2.28. The monoisotopic (exact) mass is 339 g/mol. The second-order valence-electron chi connectivity index (χ2n) is 5.05. The maximum Gasteiger partial charge on any atom is 0.244 e. The van der Waals surface area contributed by atoms with Crippen molar-refractivity contribution in [3.8, 4) is 5.75 Å². The van der Waals surface area contributed by atoms with Crippen molar-refractivity contribution in [3.05, 3.63) is 58.6 Å². The normalized spacial score (nSPS) is 12.9. The van der Waals surface area contributed by atoms with E-state index in [0.29, 0.717) is 5.02 Å². The van der Waals surface area contributed by atoms with Gasteiger partial charge in [0.1, 0.15) is 10.6 Å². The maximum atomic E-state index is 12.6. The predicted octanol–water partition coefficient (Wildman–Crippen LogP) is 3.70. The van der Waals surface area contributed by atoms with Crippen molar-refractivity contribution in [1.82, 2.24) is 4.72 Å². The van der Waals surface area contributed by atoms with Crippen LogP contribution in [0, 0.1) is 6.92 Å². The highest BCUT2D eigenvalue weighted by Gasteiger charge is 2.22. The van der Waals surface area contributed by atoms with E-state index in [0.717, 1.165) is 11.1 Å². The van der Waals surface area contributed by atoms with Crippen molar-refractivity contribution < 1.29 is 13.2 Å². The first-order chi connectivity index (χ1) is 10.3. The fraction of sp³-hybridized carbons (Fsp3) is 0.250.